The number of thioether (sulfide) groups is 1. The van der Waals surface area contributed by atoms with Gasteiger partial charge in [-0.25, -0.2) is 0 Å². The molecule has 1 aromatic carbocycles. The minimum atomic E-state index is -0.322. The van der Waals surface area contributed by atoms with Crippen molar-refractivity contribution >= 4 is 29.7 Å². The van der Waals surface area contributed by atoms with Gasteiger partial charge in [0.1, 0.15) is 6.04 Å². The van der Waals surface area contributed by atoms with Crippen molar-refractivity contribution < 1.29 is 9.59 Å². The SMILES string of the molecule is CC(C)=CC(=O)N1CSCC1C(=O)N1CCN(C/C=C/c2ccccc2)CC1. The molecule has 0 aromatic heterocycles. The Balaban J connectivity index is 1.49. The molecular weight excluding hydrogens is 370 g/mol. The topological polar surface area (TPSA) is 43.9 Å². The first-order chi connectivity index (χ1) is 13.5. The normalized spacial score (nSPS) is 20.6. The average Bonchev–Trinajstić information content (AvgIpc) is 3.18. The van der Waals surface area contributed by atoms with Gasteiger partial charge in [0.05, 0.1) is 5.88 Å². The van der Waals surface area contributed by atoms with Gasteiger partial charge in [-0.2, -0.15) is 0 Å². The van der Waals surface area contributed by atoms with E-state index in [4.69, 9.17) is 0 Å². The monoisotopic (exact) mass is 399 g/mol. The van der Waals surface area contributed by atoms with Crippen molar-refractivity contribution in [2.75, 3.05) is 44.4 Å². The Bertz CT molecular complexity index is 735. The Labute approximate surface area is 172 Å². The molecule has 0 bridgehead atoms. The predicted molar refractivity (Wildman–Crippen MR) is 116 cm³/mol. The van der Waals surface area contributed by atoms with Crippen LogP contribution < -0.4 is 0 Å². The standard InChI is InChI=1S/C22H29N3O2S/c1-18(2)15-21(26)25-17-28-16-20(25)22(27)24-13-11-23(12-14-24)10-6-9-19-7-4-3-5-8-19/h3-9,15,20H,10-14,16-17H2,1-2H3/b9-6+. The van der Waals surface area contributed by atoms with Gasteiger partial charge >= 0.3 is 0 Å². The molecule has 1 atom stereocenters. The summed E-state index contributed by atoms with van der Waals surface area (Å²) in [7, 11) is 0. The summed E-state index contributed by atoms with van der Waals surface area (Å²) in [6, 6.07) is 9.96. The smallest absolute Gasteiger partial charge is 0.247 e. The first-order valence-electron chi connectivity index (χ1n) is 9.80. The van der Waals surface area contributed by atoms with Crippen LogP contribution in [0.1, 0.15) is 19.4 Å². The third-order valence-electron chi connectivity index (χ3n) is 5.02. The zero-order valence-corrected chi connectivity index (χ0v) is 17.5. The summed E-state index contributed by atoms with van der Waals surface area (Å²) >= 11 is 1.66. The van der Waals surface area contributed by atoms with E-state index in [0.29, 0.717) is 11.6 Å². The maximum atomic E-state index is 13.0. The molecule has 3 rings (SSSR count). The van der Waals surface area contributed by atoms with E-state index in [1.54, 1.807) is 22.7 Å². The maximum Gasteiger partial charge on any atom is 0.247 e. The Kier molecular flexibility index (Phi) is 7.34. The average molecular weight is 400 g/mol. The Morgan fingerprint density at radius 3 is 2.50 bits per heavy atom. The molecule has 5 nitrogen and oxygen atoms in total. The fraction of sp³-hybridized carbons (Fsp3) is 0.455. The zero-order valence-electron chi connectivity index (χ0n) is 16.7. The van der Waals surface area contributed by atoms with E-state index in [1.807, 2.05) is 36.9 Å². The van der Waals surface area contributed by atoms with Crippen LogP contribution >= 0.6 is 11.8 Å². The number of carbonyl (C=O) groups excluding carboxylic acids is 2. The molecule has 1 aromatic rings. The highest BCUT2D eigenvalue weighted by Gasteiger charge is 2.37. The van der Waals surface area contributed by atoms with Crippen LogP contribution in [-0.2, 0) is 9.59 Å². The molecule has 2 fully saturated rings. The van der Waals surface area contributed by atoms with Gasteiger partial charge < -0.3 is 9.80 Å². The van der Waals surface area contributed by atoms with E-state index in [-0.39, 0.29) is 17.9 Å². The molecule has 0 spiro atoms. The third kappa shape index (κ3) is 5.49. The van der Waals surface area contributed by atoms with Crippen LogP contribution in [0.2, 0.25) is 0 Å². The number of piperazine rings is 1. The van der Waals surface area contributed by atoms with Gasteiger partial charge in [0, 0.05) is 44.6 Å². The van der Waals surface area contributed by atoms with E-state index < -0.39 is 0 Å². The Morgan fingerprint density at radius 1 is 1.11 bits per heavy atom. The van der Waals surface area contributed by atoms with Gasteiger partial charge in [0.2, 0.25) is 11.8 Å². The van der Waals surface area contributed by atoms with Crippen molar-refractivity contribution in [2.45, 2.75) is 19.9 Å². The largest absolute Gasteiger partial charge is 0.338 e. The minimum absolute atomic E-state index is 0.0481. The second kappa shape index (κ2) is 9.94. The summed E-state index contributed by atoms with van der Waals surface area (Å²) in [6.45, 7) is 7.89. The van der Waals surface area contributed by atoms with Crippen molar-refractivity contribution in [2.24, 2.45) is 0 Å². The highest BCUT2D eigenvalue weighted by molar-refractivity contribution is 7.99. The zero-order chi connectivity index (χ0) is 19.9. The molecule has 2 aliphatic rings. The summed E-state index contributed by atoms with van der Waals surface area (Å²) in [6.07, 6.45) is 5.95. The van der Waals surface area contributed by atoms with E-state index in [2.05, 4.69) is 29.2 Å². The molecule has 0 N–H and O–H groups in total. The van der Waals surface area contributed by atoms with Crippen LogP contribution in [0.15, 0.2) is 48.1 Å². The van der Waals surface area contributed by atoms with Crippen LogP contribution in [0.3, 0.4) is 0 Å². The number of hydrogen-bond donors (Lipinski definition) is 0. The molecule has 0 saturated carbocycles. The second-order valence-corrected chi connectivity index (χ2v) is 8.48. The molecule has 0 aliphatic carbocycles. The molecule has 2 heterocycles. The van der Waals surface area contributed by atoms with Crippen LogP contribution in [-0.4, -0.2) is 76.9 Å². The van der Waals surface area contributed by atoms with Gasteiger partial charge in [-0.1, -0.05) is 48.1 Å². The number of allylic oxidation sites excluding steroid dienone is 1. The number of amides is 2. The summed E-state index contributed by atoms with van der Waals surface area (Å²) in [5, 5.41) is 0. The quantitative estimate of drug-likeness (QED) is 0.714. The number of rotatable bonds is 5. The summed E-state index contributed by atoms with van der Waals surface area (Å²) in [5.41, 5.74) is 2.17. The maximum absolute atomic E-state index is 13.0. The second-order valence-electron chi connectivity index (χ2n) is 7.48. The third-order valence-corrected chi connectivity index (χ3v) is 6.03. The lowest BCUT2D eigenvalue weighted by molar-refractivity contribution is -0.142. The molecule has 0 radical (unpaired) electrons. The highest BCUT2D eigenvalue weighted by atomic mass is 32.2. The van der Waals surface area contributed by atoms with E-state index >= 15 is 0 Å². The summed E-state index contributed by atoms with van der Waals surface area (Å²) in [5.74, 6) is 1.35. The first-order valence-corrected chi connectivity index (χ1v) is 11.0. The van der Waals surface area contributed by atoms with Gasteiger partial charge in [-0.3, -0.25) is 14.5 Å². The molecule has 2 amide bonds. The molecule has 6 heteroatoms. The fourth-order valence-corrected chi connectivity index (χ4v) is 4.61. The van der Waals surface area contributed by atoms with E-state index in [9.17, 15) is 9.59 Å². The van der Waals surface area contributed by atoms with Crippen LogP contribution in [0.5, 0.6) is 0 Å². The van der Waals surface area contributed by atoms with Gasteiger partial charge in [-0.15, -0.1) is 11.8 Å². The summed E-state index contributed by atoms with van der Waals surface area (Å²) < 4.78 is 0. The molecule has 2 saturated heterocycles. The van der Waals surface area contributed by atoms with Crippen molar-refractivity contribution in [1.29, 1.82) is 0 Å². The van der Waals surface area contributed by atoms with Crippen LogP contribution in [0, 0.1) is 0 Å². The van der Waals surface area contributed by atoms with Crippen molar-refractivity contribution in [1.82, 2.24) is 14.7 Å². The Morgan fingerprint density at radius 2 is 1.82 bits per heavy atom. The predicted octanol–water partition coefficient (Wildman–Crippen LogP) is 2.71. The minimum Gasteiger partial charge on any atom is -0.338 e. The lowest BCUT2D eigenvalue weighted by Gasteiger charge is -2.36. The van der Waals surface area contributed by atoms with Crippen LogP contribution in [0.25, 0.3) is 6.08 Å². The van der Waals surface area contributed by atoms with E-state index in [0.717, 1.165) is 38.3 Å². The van der Waals surface area contributed by atoms with Gasteiger partial charge in [0.15, 0.2) is 0 Å². The van der Waals surface area contributed by atoms with Crippen molar-refractivity contribution in [3.8, 4) is 0 Å². The molecular formula is C22H29N3O2S. The molecule has 2 aliphatic heterocycles. The Hall–Kier alpha value is -2.05. The number of hydrogen-bond acceptors (Lipinski definition) is 4. The molecule has 28 heavy (non-hydrogen) atoms. The van der Waals surface area contributed by atoms with Crippen LogP contribution in [0.4, 0.5) is 0 Å². The first kappa shape index (κ1) is 20.7. The number of benzene rings is 1. The lowest BCUT2D eigenvalue weighted by Crippen LogP contribution is -2.54. The lowest BCUT2D eigenvalue weighted by atomic mass is 10.2. The summed E-state index contributed by atoms with van der Waals surface area (Å²) in [4.78, 5) is 31.4. The van der Waals surface area contributed by atoms with Crippen molar-refractivity contribution in [3.05, 3.63) is 53.6 Å². The van der Waals surface area contributed by atoms with E-state index in [1.165, 1.54) is 5.56 Å². The molecule has 150 valence electrons. The highest BCUT2D eigenvalue weighted by Crippen LogP contribution is 2.23. The van der Waals surface area contributed by atoms with Gasteiger partial charge in [0.25, 0.3) is 0 Å². The van der Waals surface area contributed by atoms with Crippen molar-refractivity contribution in [3.63, 3.8) is 0 Å². The fourth-order valence-electron chi connectivity index (χ4n) is 3.46. The number of carbonyl (C=O) groups is 2. The van der Waals surface area contributed by atoms with Gasteiger partial charge in [-0.05, 0) is 19.4 Å². The number of nitrogens with zero attached hydrogens (tertiary/aromatic N) is 3. The molecule has 1 unspecified atom stereocenters.